The molecule has 0 spiro atoms. The van der Waals surface area contributed by atoms with Crippen molar-refractivity contribution in [3.05, 3.63) is 0 Å². The predicted molar refractivity (Wildman–Crippen MR) is 67.2 cm³/mol. The van der Waals surface area contributed by atoms with Crippen LogP contribution in [0.5, 0.6) is 0 Å². The van der Waals surface area contributed by atoms with Gasteiger partial charge in [-0.3, -0.25) is 4.79 Å². The molecule has 0 aromatic heterocycles. The molecule has 0 radical (unpaired) electrons. The number of carbonyl (C=O) groups excluding carboxylic acids is 1. The second-order valence-corrected chi connectivity index (χ2v) is 7.14. The van der Waals surface area contributed by atoms with Crippen LogP contribution in [0.4, 0.5) is 0 Å². The lowest BCUT2D eigenvalue weighted by Gasteiger charge is -2.29. The van der Waals surface area contributed by atoms with E-state index in [0.29, 0.717) is 0 Å². The van der Waals surface area contributed by atoms with Gasteiger partial charge in [-0.25, -0.2) is 0 Å². The van der Waals surface area contributed by atoms with Crippen molar-refractivity contribution < 1.29 is 4.79 Å². The largest absolute Gasteiger partial charge is 0.352 e. The fourth-order valence-corrected chi connectivity index (χ4v) is 2.50. The fraction of sp³-hybridized carbons (Fsp3) is 0.917. The van der Waals surface area contributed by atoms with Gasteiger partial charge in [0.05, 0.1) is 4.75 Å². The molecule has 1 aliphatic carbocycles. The van der Waals surface area contributed by atoms with E-state index in [2.05, 4.69) is 39.9 Å². The van der Waals surface area contributed by atoms with Gasteiger partial charge in [-0.05, 0) is 30.9 Å². The smallest absolute Gasteiger partial charge is 0.236 e. The fourth-order valence-electron chi connectivity index (χ4n) is 1.37. The van der Waals surface area contributed by atoms with Crippen molar-refractivity contribution in [1.82, 2.24) is 5.32 Å². The first-order valence-electron chi connectivity index (χ1n) is 5.77. The number of rotatable bonds is 4. The number of thioether (sulfide) groups is 1. The Kier molecular flexibility index (Phi) is 3.75. The molecule has 1 amide bonds. The van der Waals surface area contributed by atoms with Crippen LogP contribution in [0, 0.1) is 5.41 Å². The standard InChI is InChI=1S/C12H23NOS/c1-6-15-12(7-8-12)10(14)13-9(2)11(3,4)5/h9H,6-8H2,1-5H3,(H,13,14). The molecule has 0 saturated heterocycles. The number of hydrogen-bond donors (Lipinski definition) is 1. The molecule has 0 aromatic rings. The van der Waals surface area contributed by atoms with Gasteiger partial charge in [0.1, 0.15) is 0 Å². The topological polar surface area (TPSA) is 29.1 Å². The van der Waals surface area contributed by atoms with Gasteiger partial charge >= 0.3 is 0 Å². The molecule has 1 N–H and O–H groups in total. The molecule has 1 saturated carbocycles. The van der Waals surface area contributed by atoms with Gasteiger partial charge in [0.2, 0.25) is 5.91 Å². The van der Waals surface area contributed by atoms with E-state index in [-0.39, 0.29) is 22.1 Å². The Morgan fingerprint density at radius 2 is 2.00 bits per heavy atom. The third-order valence-electron chi connectivity index (χ3n) is 3.19. The summed E-state index contributed by atoms with van der Waals surface area (Å²) in [4.78, 5) is 12.0. The van der Waals surface area contributed by atoms with Crippen LogP contribution >= 0.6 is 11.8 Å². The van der Waals surface area contributed by atoms with Gasteiger partial charge in [-0.15, -0.1) is 11.8 Å². The van der Waals surface area contributed by atoms with Crippen molar-refractivity contribution in [1.29, 1.82) is 0 Å². The quantitative estimate of drug-likeness (QED) is 0.803. The van der Waals surface area contributed by atoms with E-state index in [1.54, 1.807) is 11.8 Å². The molecule has 0 heterocycles. The molecule has 0 bridgehead atoms. The average Bonchev–Trinajstić information content (AvgIpc) is 2.84. The summed E-state index contributed by atoms with van der Waals surface area (Å²) in [6, 6.07) is 0.236. The first-order valence-corrected chi connectivity index (χ1v) is 6.75. The van der Waals surface area contributed by atoms with Gasteiger partial charge in [0.25, 0.3) is 0 Å². The summed E-state index contributed by atoms with van der Waals surface area (Å²) in [6.45, 7) is 10.7. The minimum absolute atomic E-state index is 0.0751. The molecule has 15 heavy (non-hydrogen) atoms. The van der Waals surface area contributed by atoms with Crippen LogP contribution in [0.15, 0.2) is 0 Å². The normalized spacial score (nSPS) is 20.9. The second kappa shape index (κ2) is 4.36. The Morgan fingerprint density at radius 3 is 2.33 bits per heavy atom. The first kappa shape index (κ1) is 12.9. The maximum atomic E-state index is 12.0. The molecule has 0 aliphatic heterocycles. The second-order valence-electron chi connectivity index (χ2n) is 5.49. The molecule has 1 atom stereocenters. The van der Waals surface area contributed by atoms with Crippen LogP contribution in [0.1, 0.15) is 47.5 Å². The molecular weight excluding hydrogens is 206 g/mol. The van der Waals surface area contributed by atoms with Crippen molar-refractivity contribution in [2.24, 2.45) is 5.41 Å². The van der Waals surface area contributed by atoms with Crippen LogP contribution in [0.3, 0.4) is 0 Å². The van der Waals surface area contributed by atoms with E-state index < -0.39 is 0 Å². The highest BCUT2D eigenvalue weighted by Gasteiger charge is 2.50. The van der Waals surface area contributed by atoms with Crippen molar-refractivity contribution in [3.63, 3.8) is 0 Å². The van der Waals surface area contributed by atoms with Crippen LogP contribution in [-0.4, -0.2) is 22.4 Å². The number of nitrogens with one attached hydrogen (secondary N) is 1. The van der Waals surface area contributed by atoms with Crippen LogP contribution in [0.25, 0.3) is 0 Å². The van der Waals surface area contributed by atoms with Crippen LogP contribution < -0.4 is 5.32 Å². The molecule has 88 valence electrons. The lowest BCUT2D eigenvalue weighted by molar-refractivity contribution is -0.122. The molecule has 0 aromatic carbocycles. The molecule has 1 unspecified atom stereocenters. The third kappa shape index (κ3) is 3.13. The average molecular weight is 229 g/mol. The number of carbonyl (C=O) groups is 1. The lowest BCUT2D eigenvalue weighted by Crippen LogP contribution is -2.45. The highest BCUT2D eigenvalue weighted by molar-refractivity contribution is 8.01. The first-order chi connectivity index (χ1) is 6.82. The van der Waals surface area contributed by atoms with Gasteiger partial charge < -0.3 is 5.32 Å². The lowest BCUT2D eigenvalue weighted by atomic mass is 9.88. The number of amides is 1. The SMILES string of the molecule is CCSC1(C(=O)NC(C)C(C)(C)C)CC1. The Hall–Kier alpha value is -0.180. The predicted octanol–water partition coefficient (Wildman–Crippen LogP) is 2.82. The van der Waals surface area contributed by atoms with Gasteiger partial charge in [0, 0.05) is 6.04 Å². The van der Waals surface area contributed by atoms with E-state index >= 15 is 0 Å². The van der Waals surface area contributed by atoms with E-state index in [4.69, 9.17) is 0 Å². The van der Waals surface area contributed by atoms with Crippen LogP contribution in [-0.2, 0) is 4.79 Å². The summed E-state index contributed by atoms with van der Waals surface area (Å²) in [7, 11) is 0. The monoisotopic (exact) mass is 229 g/mol. The van der Waals surface area contributed by atoms with Crippen molar-refractivity contribution in [2.45, 2.75) is 58.2 Å². The molecule has 1 fully saturated rings. The molecule has 2 nitrogen and oxygen atoms in total. The highest BCUT2D eigenvalue weighted by atomic mass is 32.2. The van der Waals surface area contributed by atoms with Crippen LogP contribution in [0.2, 0.25) is 0 Å². The van der Waals surface area contributed by atoms with E-state index in [1.807, 2.05) is 0 Å². The minimum atomic E-state index is -0.0751. The summed E-state index contributed by atoms with van der Waals surface area (Å²) < 4.78 is -0.0751. The molecule has 1 rings (SSSR count). The molecule has 3 heteroatoms. The van der Waals surface area contributed by atoms with Crippen molar-refractivity contribution in [3.8, 4) is 0 Å². The van der Waals surface area contributed by atoms with Crippen molar-refractivity contribution in [2.75, 3.05) is 5.75 Å². The maximum Gasteiger partial charge on any atom is 0.236 e. The zero-order chi connectivity index (χ0) is 11.7. The maximum absolute atomic E-state index is 12.0. The third-order valence-corrected chi connectivity index (χ3v) is 4.62. The Morgan fingerprint density at radius 1 is 1.47 bits per heavy atom. The van der Waals surface area contributed by atoms with E-state index in [1.165, 1.54) is 0 Å². The Labute approximate surface area is 97.6 Å². The summed E-state index contributed by atoms with van der Waals surface area (Å²) >= 11 is 1.79. The van der Waals surface area contributed by atoms with E-state index in [0.717, 1.165) is 18.6 Å². The zero-order valence-corrected chi connectivity index (χ0v) is 11.3. The summed E-state index contributed by atoms with van der Waals surface area (Å²) in [6.07, 6.45) is 2.10. The minimum Gasteiger partial charge on any atom is -0.352 e. The highest BCUT2D eigenvalue weighted by Crippen LogP contribution is 2.48. The van der Waals surface area contributed by atoms with Crippen molar-refractivity contribution >= 4 is 17.7 Å². The van der Waals surface area contributed by atoms with Gasteiger partial charge in [-0.2, -0.15) is 0 Å². The van der Waals surface area contributed by atoms with E-state index in [9.17, 15) is 4.79 Å². The van der Waals surface area contributed by atoms with Gasteiger partial charge in [0.15, 0.2) is 0 Å². The zero-order valence-electron chi connectivity index (χ0n) is 10.5. The Bertz CT molecular complexity index is 240. The summed E-state index contributed by atoms with van der Waals surface area (Å²) in [5.74, 6) is 1.27. The molecule has 1 aliphatic rings. The Balaban J connectivity index is 2.49. The summed E-state index contributed by atoms with van der Waals surface area (Å²) in [5.41, 5.74) is 0.141. The molecular formula is C12H23NOS. The number of hydrogen-bond acceptors (Lipinski definition) is 2. The summed E-state index contributed by atoms with van der Waals surface area (Å²) in [5, 5.41) is 3.15. The van der Waals surface area contributed by atoms with Gasteiger partial charge in [-0.1, -0.05) is 27.7 Å².